The van der Waals surface area contributed by atoms with Crippen molar-refractivity contribution in [3.8, 4) is 0 Å². The molecule has 2 amide bonds. The second-order valence-electron chi connectivity index (χ2n) is 7.57. The van der Waals surface area contributed by atoms with Gasteiger partial charge in [-0.3, -0.25) is 9.69 Å². The maximum absolute atomic E-state index is 12.4. The molecular formula is C19H35N3O3. The minimum Gasteiger partial charge on any atom is -0.480 e. The Balaban J connectivity index is 1.70. The van der Waals surface area contributed by atoms with E-state index in [-0.39, 0.29) is 18.6 Å². The van der Waals surface area contributed by atoms with Crippen LogP contribution in [0, 0.1) is 5.92 Å². The first-order valence-corrected chi connectivity index (χ1v) is 10.1. The average Bonchev–Trinajstić information content (AvgIpc) is 2.58. The van der Waals surface area contributed by atoms with Gasteiger partial charge >= 0.3 is 12.0 Å². The second kappa shape index (κ2) is 10.6. The molecule has 2 rings (SSSR count). The van der Waals surface area contributed by atoms with Crippen molar-refractivity contribution < 1.29 is 14.7 Å². The van der Waals surface area contributed by atoms with Crippen LogP contribution in [-0.2, 0) is 4.79 Å². The zero-order valence-corrected chi connectivity index (χ0v) is 15.7. The number of nitrogens with one attached hydrogen (secondary N) is 1. The van der Waals surface area contributed by atoms with Crippen LogP contribution in [0.5, 0.6) is 0 Å². The SMILES string of the molecule is CCN(CC(=O)O)C1CCN(C(=O)NCC2CCCCCCC2)CC1. The number of likely N-dealkylation sites (N-methyl/N-ethyl adjacent to an activating group) is 1. The van der Waals surface area contributed by atoms with Crippen LogP contribution in [0.25, 0.3) is 0 Å². The van der Waals surface area contributed by atoms with E-state index in [1.54, 1.807) is 0 Å². The van der Waals surface area contributed by atoms with Crippen molar-refractivity contribution in [3.63, 3.8) is 0 Å². The lowest BCUT2D eigenvalue weighted by Gasteiger charge is -2.37. The Hall–Kier alpha value is -1.30. The first-order chi connectivity index (χ1) is 12.1. The van der Waals surface area contributed by atoms with E-state index in [0.717, 1.165) is 39.0 Å². The molecule has 1 aliphatic heterocycles. The summed E-state index contributed by atoms with van der Waals surface area (Å²) in [4.78, 5) is 27.3. The van der Waals surface area contributed by atoms with Crippen LogP contribution in [0.1, 0.15) is 64.7 Å². The molecule has 0 spiro atoms. The molecule has 6 nitrogen and oxygen atoms in total. The third-order valence-corrected chi connectivity index (χ3v) is 5.78. The molecule has 144 valence electrons. The topological polar surface area (TPSA) is 72.9 Å². The van der Waals surface area contributed by atoms with E-state index < -0.39 is 5.97 Å². The van der Waals surface area contributed by atoms with Crippen molar-refractivity contribution >= 4 is 12.0 Å². The maximum Gasteiger partial charge on any atom is 0.317 e. The third-order valence-electron chi connectivity index (χ3n) is 5.78. The van der Waals surface area contributed by atoms with Crippen LogP contribution in [-0.4, -0.2) is 65.7 Å². The first-order valence-electron chi connectivity index (χ1n) is 10.1. The monoisotopic (exact) mass is 353 g/mol. The van der Waals surface area contributed by atoms with E-state index in [0.29, 0.717) is 5.92 Å². The van der Waals surface area contributed by atoms with Crippen molar-refractivity contribution in [2.24, 2.45) is 5.92 Å². The van der Waals surface area contributed by atoms with Gasteiger partial charge in [-0.2, -0.15) is 0 Å². The normalized spacial score (nSPS) is 21.0. The van der Waals surface area contributed by atoms with E-state index in [9.17, 15) is 9.59 Å². The number of carbonyl (C=O) groups excluding carboxylic acids is 1. The van der Waals surface area contributed by atoms with Gasteiger partial charge in [0.1, 0.15) is 0 Å². The summed E-state index contributed by atoms with van der Waals surface area (Å²) in [6.07, 6.45) is 10.8. The van der Waals surface area contributed by atoms with Crippen LogP contribution in [0.15, 0.2) is 0 Å². The highest BCUT2D eigenvalue weighted by Crippen LogP contribution is 2.22. The van der Waals surface area contributed by atoms with E-state index in [4.69, 9.17) is 5.11 Å². The highest BCUT2D eigenvalue weighted by atomic mass is 16.4. The van der Waals surface area contributed by atoms with E-state index >= 15 is 0 Å². The summed E-state index contributed by atoms with van der Waals surface area (Å²) >= 11 is 0. The smallest absolute Gasteiger partial charge is 0.317 e. The summed E-state index contributed by atoms with van der Waals surface area (Å²) < 4.78 is 0. The molecule has 2 fully saturated rings. The number of rotatable bonds is 6. The first kappa shape index (κ1) is 20.0. The standard InChI is InChI=1S/C19H35N3O3/c1-2-21(15-18(23)24)17-10-12-22(13-11-17)19(25)20-14-16-8-6-4-3-5-7-9-16/h16-17H,2-15H2,1H3,(H,20,25)(H,23,24). The fourth-order valence-electron chi connectivity index (χ4n) is 4.20. The molecule has 2 N–H and O–H groups in total. The van der Waals surface area contributed by atoms with Gasteiger partial charge in [-0.15, -0.1) is 0 Å². The summed E-state index contributed by atoms with van der Waals surface area (Å²) in [5.41, 5.74) is 0. The van der Waals surface area contributed by atoms with E-state index in [2.05, 4.69) is 5.32 Å². The second-order valence-corrected chi connectivity index (χ2v) is 7.57. The highest BCUT2D eigenvalue weighted by molar-refractivity contribution is 5.74. The molecule has 0 radical (unpaired) electrons. The molecule has 0 bridgehead atoms. The van der Waals surface area contributed by atoms with Gasteiger partial charge in [0.05, 0.1) is 6.54 Å². The van der Waals surface area contributed by atoms with Crippen LogP contribution in [0.4, 0.5) is 4.79 Å². The molecule has 0 atom stereocenters. The minimum absolute atomic E-state index is 0.0572. The Bertz CT molecular complexity index is 414. The Morgan fingerprint density at radius 3 is 2.20 bits per heavy atom. The summed E-state index contributed by atoms with van der Waals surface area (Å²) in [6.45, 7) is 5.07. The van der Waals surface area contributed by atoms with Crippen LogP contribution in [0.2, 0.25) is 0 Å². The number of carboxylic acids is 1. The molecule has 0 aromatic rings. The zero-order chi connectivity index (χ0) is 18.1. The molecule has 1 saturated heterocycles. The van der Waals surface area contributed by atoms with E-state index in [1.165, 1.54) is 44.9 Å². The fraction of sp³-hybridized carbons (Fsp3) is 0.895. The predicted molar refractivity (Wildman–Crippen MR) is 98.7 cm³/mol. The quantitative estimate of drug-likeness (QED) is 0.770. The van der Waals surface area contributed by atoms with Gasteiger partial charge in [0, 0.05) is 25.7 Å². The van der Waals surface area contributed by atoms with Gasteiger partial charge in [0.25, 0.3) is 0 Å². The van der Waals surface area contributed by atoms with Gasteiger partial charge in [-0.05, 0) is 38.1 Å². The van der Waals surface area contributed by atoms with Crippen molar-refractivity contribution in [2.45, 2.75) is 70.8 Å². The summed E-state index contributed by atoms with van der Waals surface area (Å²) in [5.74, 6) is -0.144. The number of likely N-dealkylation sites (tertiary alicyclic amines) is 1. The summed E-state index contributed by atoms with van der Waals surface area (Å²) in [7, 11) is 0. The predicted octanol–water partition coefficient (Wildman–Crippen LogP) is 2.93. The van der Waals surface area contributed by atoms with Crippen molar-refractivity contribution in [3.05, 3.63) is 0 Å². The fourth-order valence-corrected chi connectivity index (χ4v) is 4.20. The molecule has 1 heterocycles. The number of carboxylic acid groups (broad SMARTS) is 1. The lowest BCUT2D eigenvalue weighted by Crippen LogP contribution is -2.50. The van der Waals surface area contributed by atoms with E-state index in [1.807, 2.05) is 16.7 Å². The molecule has 0 aromatic carbocycles. The van der Waals surface area contributed by atoms with Gasteiger partial charge in [-0.25, -0.2) is 4.79 Å². The van der Waals surface area contributed by atoms with Gasteiger partial charge in [0.2, 0.25) is 0 Å². The molecule has 0 unspecified atom stereocenters. The van der Waals surface area contributed by atoms with Crippen molar-refractivity contribution in [1.82, 2.24) is 15.1 Å². The number of hydrogen-bond donors (Lipinski definition) is 2. The number of aliphatic carboxylic acids is 1. The molecule has 25 heavy (non-hydrogen) atoms. The Morgan fingerprint density at radius 1 is 1.04 bits per heavy atom. The number of piperidine rings is 1. The zero-order valence-electron chi connectivity index (χ0n) is 15.7. The Kier molecular flexibility index (Phi) is 8.52. The average molecular weight is 354 g/mol. The number of nitrogens with zero attached hydrogens (tertiary/aromatic N) is 2. The molecule has 2 aliphatic rings. The molecule has 1 saturated carbocycles. The molecular weight excluding hydrogens is 318 g/mol. The lowest BCUT2D eigenvalue weighted by molar-refractivity contribution is -0.139. The Morgan fingerprint density at radius 2 is 1.64 bits per heavy atom. The molecule has 1 aliphatic carbocycles. The number of amides is 2. The summed E-state index contributed by atoms with van der Waals surface area (Å²) in [5, 5.41) is 12.1. The van der Waals surface area contributed by atoms with Crippen LogP contribution >= 0.6 is 0 Å². The largest absolute Gasteiger partial charge is 0.480 e. The third kappa shape index (κ3) is 6.84. The Labute approximate surface area is 151 Å². The van der Waals surface area contributed by atoms with Gasteiger partial charge < -0.3 is 15.3 Å². The van der Waals surface area contributed by atoms with Gasteiger partial charge in [0.15, 0.2) is 0 Å². The van der Waals surface area contributed by atoms with Crippen LogP contribution in [0.3, 0.4) is 0 Å². The maximum atomic E-state index is 12.4. The van der Waals surface area contributed by atoms with Gasteiger partial charge in [-0.1, -0.05) is 39.0 Å². The number of carbonyl (C=O) groups is 2. The number of hydrogen-bond acceptors (Lipinski definition) is 3. The highest BCUT2D eigenvalue weighted by Gasteiger charge is 2.27. The minimum atomic E-state index is -0.777. The molecule has 0 aromatic heterocycles. The van der Waals surface area contributed by atoms with Crippen molar-refractivity contribution in [2.75, 3.05) is 32.7 Å². The van der Waals surface area contributed by atoms with Crippen molar-refractivity contribution in [1.29, 1.82) is 0 Å². The lowest BCUT2D eigenvalue weighted by atomic mass is 9.91. The van der Waals surface area contributed by atoms with Crippen LogP contribution < -0.4 is 5.32 Å². The number of urea groups is 1. The molecule has 6 heteroatoms. The summed E-state index contributed by atoms with van der Waals surface area (Å²) in [6, 6.07) is 0.331.